The molecule has 1 saturated heterocycles. The van der Waals surface area contributed by atoms with E-state index in [0.717, 1.165) is 24.4 Å². The molecule has 6 nitrogen and oxygen atoms in total. The molecule has 1 fully saturated rings. The van der Waals surface area contributed by atoms with E-state index in [1.54, 1.807) is 18.2 Å². The zero-order valence-corrected chi connectivity index (χ0v) is 13.7. The van der Waals surface area contributed by atoms with E-state index >= 15 is 0 Å². The third kappa shape index (κ3) is 2.93. The van der Waals surface area contributed by atoms with E-state index in [0.29, 0.717) is 5.69 Å². The number of likely N-dealkylation sites (tertiary alicyclic amines) is 1. The second-order valence-electron chi connectivity index (χ2n) is 6.58. The summed E-state index contributed by atoms with van der Waals surface area (Å²) >= 11 is 0. The summed E-state index contributed by atoms with van der Waals surface area (Å²) in [4.78, 5) is 2.36. The molecule has 0 aromatic heterocycles. The van der Waals surface area contributed by atoms with Gasteiger partial charge in [0.1, 0.15) is 5.75 Å². The van der Waals surface area contributed by atoms with Crippen LogP contribution in [-0.2, 0) is 15.7 Å². The molecule has 1 unspecified atom stereocenters. The highest BCUT2D eigenvalue weighted by molar-refractivity contribution is 7.87. The normalized spacial score (nSPS) is 24.6. The van der Waals surface area contributed by atoms with Crippen molar-refractivity contribution in [3.05, 3.63) is 23.8 Å². The van der Waals surface area contributed by atoms with Gasteiger partial charge in [-0.2, -0.15) is 8.42 Å². The van der Waals surface area contributed by atoms with Gasteiger partial charge in [-0.3, -0.25) is 14.2 Å². The van der Waals surface area contributed by atoms with Crippen LogP contribution in [0.15, 0.2) is 18.2 Å². The van der Waals surface area contributed by atoms with Crippen LogP contribution in [0.5, 0.6) is 5.75 Å². The number of piperidine rings is 1. The minimum absolute atomic E-state index is 0.0382. The first-order valence-corrected chi connectivity index (χ1v) is 9.02. The van der Waals surface area contributed by atoms with Crippen LogP contribution in [0.4, 0.5) is 5.69 Å². The Bertz CT molecular complexity index is 666. The third-order valence-electron chi connectivity index (χ3n) is 4.50. The molecule has 0 bridgehead atoms. The number of benzene rings is 1. The monoisotopic (exact) mass is 326 g/mol. The van der Waals surface area contributed by atoms with Crippen LogP contribution in [0.1, 0.15) is 38.7 Å². The summed E-state index contributed by atoms with van der Waals surface area (Å²) in [7, 11) is -4.27. The zero-order valence-electron chi connectivity index (χ0n) is 12.9. The molecule has 1 aromatic rings. The first-order chi connectivity index (χ1) is 10.3. The van der Waals surface area contributed by atoms with Gasteiger partial charge in [-0.25, -0.2) is 0 Å². The fourth-order valence-corrected chi connectivity index (χ4v) is 3.86. The SMILES string of the molecule is CC1(C)c2cc(NS(=O)(=O)O)ccc2OC1N1CCCCC1. The van der Waals surface area contributed by atoms with Crippen molar-refractivity contribution in [1.29, 1.82) is 0 Å². The Morgan fingerprint density at radius 3 is 2.59 bits per heavy atom. The fourth-order valence-electron chi connectivity index (χ4n) is 3.43. The quantitative estimate of drug-likeness (QED) is 0.834. The van der Waals surface area contributed by atoms with Gasteiger partial charge in [0, 0.05) is 24.1 Å². The van der Waals surface area contributed by atoms with Crippen molar-refractivity contribution < 1.29 is 17.7 Å². The maximum atomic E-state index is 11.0. The van der Waals surface area contributed by atoms with Crippen molar-refractivity contribution >= 4 is 16.0 Å². The second kappa shape index (κ2) is 5.40. The Labute approximate surface area is 131 Å². The van der Waals surface area contributed by atoms with Gasteiger partial charge in [0.25, 0.3) is 0 Å². The molecule has 2 aliphatic rings. The summed E-state index contributed by atoms with van der Waals surface area (Å²) in [6.07, 6.45) is 3.59. The van der Waals surface area contributed by atoms with Crippen molar-refractivity contribution in [2.24, 2.45) is 0 Å². The summed E-state index contributed by atoms with van der Waals surface area (Å²) in [6.45, 7) is 6.26. The average Bonchev–Trinajstić information content (AvgIpc) is 2.70. The molecule has 7 heteroatoms. The first-order valence-electron chi connectivity index (χ1n) is 7.58. The minimum atomic E-state index is -4.27. The Balaban J connectivity index is 1.89. The van der Waals surface area contributed by atoms with Gasteiger partial charge in [-0.1, -0.05) is 20.3 Å². The summed E-state index contributed by atoms with van der Waals surface area (Å²) in [5.41, 5.74) is 1.05. The van der Waals surface area contributed by atoms with Crippen LogP contribution < -0.4 is 9.46 Å². The predicted octanol–water partition coefficient (Wildman–Crippen LogP) is 2.38. The molecule has 2 N–H and O–H groups in total. The van der Waals surface area contributed by atoms with Gasteiger partial charge >= 0.3 is 10.3 Å². The molecule has 0 spiro atoms. The molecule has 2 aliphatic heterocycles. The summed E-state index contributed by atoms with van der Waals surface area (Å²) in [6, 6.07) is 5.10. The molecule has 0 amide bonds. The van der Waals surface area contributed by atoms with Gasteiger partial charge in [-0.15, -0.1) is 0 Å². The van der Waals surface area contributed by atoms with Crippen molar-refractivity contribution in [2.45, 2.75) is 44.8 Å². The van der Waals surface area contributed by atoms with Crippen molar-refractivity contribution in [2.75, 3.05) is 17.8 Å². The van der Waals surface area contributed by atoms with Gasteiger partial charge in [0.05, 0.1) is 5.69 Å². The molecule has 0 radical (unpaired) electrons. The predicted molar refractivity (Wildman–Crippen MR) is 84.5 cm³/mol. The van der Waals surface area contributed by atoms with E-state index < -0.39 is 10.3 Å². The van der Waals surface area contributed by atoms with Crippen LogP contribution >= 0.6 is 0 Å². The molecule has 122 valence electrons. The summed E-state index contributed by atoms with van der Waals surface area (Å²) < 4.78 is 39.1. The highest BCUT2D eigenvalue weighted by atomic mass is 32.2. The molecular weight excluding hydrogens is 304 g/mol. The lowest BCUT2D eigenvalue weighted by atomic mass is 9.83. The van der Waals surface area contributed by atoms with Crippen molar-refractivity contribution in [1.82, 2.24) is 4.90 Å². The molecule has 0 saturated carbocycles. The van der Waals surface area contributed by atoms with E-state index in [4.69, 9.17) is 9.29 Å². The molecule has 1 aromatic carbocycles. The second-order valence-corrected chi connectivity index (χ2v) is 7.73. The molecule has 1 atom stereocenters. The number of anilines is 1. The largest absolute Gasteiger partial charge is 0.474 e. The van der Waals surface area contributed by atoms with Gasteiger partial charge in [0.15, 0.2) is 6.23 Å². The topological polar surface area (TPSA) is 78.9 Å². The van der Waals surface area contributed by atoms with Gasteiger partial charge in [-0.05, 0) is 31.0 Å². The van der Waals surface area contributed by atoms with Crippen LogP contribution in [0.2, 0.25) is 0 Å². The van der Waals surface area contributed by atoms with Gasteiger partial charge in [0.2, 0.25) is 0 Å². The number of ether oxygens (including phenoxy) is 1. The van der Waals surface area contributed by atoms with Crippen molar-refractivity contribution in [3.63, 3.8) is 0 Å². The lowest BCUT2D eigenvalue weighted by Crippen LogP contribution is -2.49. The number of nitrogens with zero attached hydrogens (tertiary/aromatic N) is 1. The number of hydrogen-bond acceptors (Lipinski definition) is 4. The Morgan fingerprint density at radius 1 is 1.27 bits per heavy atom. The average molecular weight is 326 g/mol. The fraction of sp³-hybridized carbons (Fsp3) is 0.600. The van der Waals surface area contributed by atoms with E-state index in [1.165, 1.54) is 19.3 Å². The standard InChI is InChI=1S/C15H22N2O4S/c1-15(2)12-10-11(16-22(18,19)20)6-7-13(12)21-14(15)17-8-4-3-5-9-17/h6-7,10,14,16H,3-5,8-9H2,1-2H3,(H,18,19,20). The third-order valence-corrected chi connectivity index (χ3v) is 4.99. The maximum Gasteiger partial charge on any atom is 0.357 e. The lowest BCUT2D eigenvalue weighted by Gasteiger charge is -2.38. The number of nitrogens with one attached hydrogen (secondary N) is 1. The minimum Gasteiger partial charge on any atom is -0.474 e. The van der Waals surface area contributed by atoms with E-state index in [-0.39, 0.29) is 11.6 Å². The molecule has 3 rings (SSSR count). The summed E-state index contributed by atoms with van der Waals surface area (Å²) in [5, 5.41) is 0. The van der Waals surface area contributed by atoms with Crippen LogP contribution in [0.25, 0.3) is 0 Å². The Morgan fingerprint density at radius 2 is 1.95 bits per heavy atom. The highest BCUT2D eigenvalue weighted by Gasteiger charge is 2.45. The first kappa shape index (κ1) is 15.6. The number of rotatable bonds is 3. The van der Waals surface area contributed by atoms with Gasteiger partial charge < -0.3 is 4.74 Å². The van der Waals surface area contributed by atoms with E-state index in [2.05, 4.69) is 23.5 Å². The van der Waals surface area contributed by atoms with Crippen LogP contribution in [0.3, 0.4) is 0 Å². The van der Waals surface area contributed by atoms with E-state index in [1.807, 2.05) is 0 Å². The Kier molecular flexibility index (Phi) is 3.82. The smallest absolute Gasteiger partial charge is 0.357 e. The maximum absolute atomic E-state index is 11.0. The van der Waals surface area contributed by atoms with Crippen LogP contribution in [-0.4, -0.2) is 37.2 Å². The molecule has 22 heavy (non-hydrogen) atoms. The molecule has 0 aliphatic carbocycles. The zero-order chi connectivity index (χ0) is 16.0. The van der Waals surface area contributed by atoms with Crippen LogP contribution in [0, 0.1) is 0 Å². The van der Waals surface area contributed by atoms with E-state index in [9.17, 15) is 8.42 Å². The highest BCUT2D eigenvalue weighted by Crippen LogP contribution is 2.45. The Hall–Kier alpha value is -1.31. The number of fused-ring (bicyclic) bond motifs is 1. The van der Waals surface area contributed by atoms with Crippen molar-refractivity contribution in [3.8, 4) is 5.75 Å². The molecule has 2 heterocycles. The summed E-state index contributed by atoms with van der Waals surface area (Å²) in [5.74, 6) is 0.779. The number of hydrogen-bond donors (Lipinski definition) is 2. The molecular formula is C15H22N2O4S. The lowest BCUT2D eigenvalue weighted by molar-refractivity contribution is -0.0131.